The van der Waals surface area contributed by atoms with Gasteiger partial charge < -0.3 is 14.7 Å². The van der Waals surface area contributed by atoms with Gasteiger partial charge in [0.25, 0.3) is 0 Å². The van der Waals surface area contributed by atoms with Gasteiger partial charge in [0.1, 0.15) is 0 Å². The summed E-state index contributed by atoms with van der Waals surface area (Å²) in [4.78, 5) is 2.06. The van der Waals surface area contributed by atoms with Crippen molar-refractivity contribution in [1.82, 2.24) is 0 Å². The molecule has 0 aliphatic rings. The molecule has 0 spiro atoms. The van der Waals surface area contributed by atoms with Crippen LogP contribution in [0.4, 0.5) is 5.69 Å². The molecule has 1 N–H and O–H groups in total. The van der Waals surface area contributed by atoms with Crippen LogP contribution in [0.1, 0.15) is 25.0 Å². The average Bonchev–Trinajstić information content (AvgIpc) is 2.25. The molecule has 1 unspecified atom stereocenters. The van der Waals surface area contributed by atoms with Crippen LogP contribution in [0.25, 0.3) is 0 Å². The highest BCUT2D eigenvalue weighted by Crippen LogP contribution is 2.17. The number of nitrogens with zero attached hydrogens (tertiary/aromatic N) is 1. The highest BCUT2D eigenvalue weighted by atomic mass is 16.5. The zero-order valence-electron chi connectivity index (χ0n) is 12.1. The molecule has 0 saturated carbocycles. The molecule has 0 amide bonds. The van der Waals surface area contributed by atoms with E-state index in [1.807, 2.05) is 20.9 Å². The summed E-state index contributed by atoms with van der Waals surface area (Å²) in [6.07, 6.45) is -0.301. The molecule has 0 bridgehead atoms. The number of likely N-dealkylation sites (N-methyl/N-ethyl adjacent to an activating group) is 1. The van der Waals surface area contributed by atoms with Crippen molar-refractivity contribution < 1.29 is 9.84 Å². The molecular formula is C15H25NO2. The summed E-state index contributed by atoms with van der Waals surface area (Å²) in [6.45, 7) is 9.08. The SMILES string of the molecule is Cc1cc(C)cc(N(C)CC(O)COC(C)C)c1. The van der Waals surface area contributed by atoms with E-state index in [-0.39, 0.29) is 6.10 Å². The molecule has 1 rings (SSSR count). The molecule has 0 aliphatic heterocycles. The van der Waals surface area contributed by atoms with E-state index in [0.717, 1.165) is 5.69 Å². The Hall–Kier alpha value is -1.06. The fourth-order valence-corrected chi connectivity index (χ4v) is 1.95. The van der Waals surface area contributed by atoms with Crippen molar-refractivity contribution in [2.24, 2.45) is 0 Å². The summed E-state index contributed by atoms with van der Waals surface area (Å²) in [5, 5.41) is 9.90. The normalized spacial score (nSPS) is 12.8. The molecule has 1 aromatic carbocycles. The molecule has 0 saturated heterocycles. The zero-order chi connectivity index (χ0) is 13.7. The largest absolute Gasteiger partial charge is 0.389 e. The van der Waals surface area contributed by atoms with Crippen molar-refractivity contribution in [2.45, 2.75) is 39.9 Å². The maximum atomic E-state index is 9.90. The lowest BCUT2D eigenvalue weighted by atomic mass is 10.1. The molecule has 102 valence electrons. The first-order chi connectivity index (χ1) is 8.38. The second kappa shape index (κ2) is 6.76. The van der Waals surface area contributed by atoms with Crippen LogP contribution < -0.4 is 4.90 Å². The standard InChI is InChI=1S/C15H25NO2/c1-11(2)18-10-15(17)9-16(5)14-7-12(3)6-13(4)8-14/h6-8,11,15,17H,9-10H2,1-5H3. The van der Waals surface area contributed by atoms with Crippen molar-refractivity contribution >= 4 is 5.69 Å². The van der Waals surface area contributed by atoms with E-state index in [1.54, 1.807) is 0 Å². The third-order valence-corrected chi connectivity index (χ3v) is 2.75. The molecule has 1 atom stereocenters. The summed E-state index contributed by atoms with van der Waals surface area (Å²) in [5.41, 5.74) is 3.62. The highest BCUT2D eigenvalue weighted by molar-refractivity contribution is 5.50. The Balaban J connectivity index is 2.56. The van der Waals surface area contributed by atoms with Crippen molar-refractivity contribution in [1.29, 1.82) is 0 Å². The quantitative estimate of drug-likeness (QED) is 0.843. The molecule has 0 aliphatic carbocycles. The average molecular weight is 251 g/mol. The van der Waals surface area contributed by atoms with Gasteiger partial charge >= 0.3 is 0 Å². The molecule has 3 nitrogen and oxygen atoms in total. The fraction of sp³-hybridized carbons (Fsp3) is 0.600. The van der Waals surface area contributed by atoms with Crippen LogP contribution in [0.3, 0.4) is 0 Å². The molecule has 0 heterocycles. The van der Waals surface area contributed by atoms with E-state index < -0.39 is 6.10 Å². The van der Waals surface area contributed by atoms with Crippen molar-refractivity contribution in [3.05, 3.63) is 29.3 Å². The van der Waals surface area contributed by atoms with Gasteiger partial charge in [-0.2, -0.15) is 0 Å². The van der Waals surface area contributed by atoms with Gasteiger partial charge in [0.15, 0.2) is 0 Å². The van der Waals surface area contributed by atoms with Crippen LogP contribution in [0.2, 0.25) is 0 Å². The molecule has 0 fully saturated rings. The number of aliphatic hydroxyl groups excluding tert-OH is 1. The van der Waals surface area contributed by atoms with Crippen LogP contribution in [0.5, 0.6) is 0 Å². The van der Waals surface area contributed by atoms with E-state index in [2.05, 4.69) is 36.9 Å². The third-order valence-electron chi connectivity index (χ3n) is 2.75. The van der Waals surface area contributed by atoms with Gasteiger partial charge in [-0.3, -0.25) is 0 Å². The number of aryl methyl sites for hydroxylation is 2. The number of anilines is 1. The van der Waals surface area contributed by atoms with Gasteiger partial charge in [0.2, 0.25) is 0 Å². The lowest BCUT2D eigenvalue weighted by Gasteiger charge is -2.24. The van der Waals surface area contributed by atoms with E-state index in [1.165, 1.54) is 11.1 Å². The molecule has 3 heteroatoms. The third kappa shape index (κ3) is 5.07. The minimum absolute atomic E-state index is 0.158. The Morgan fingerprint density at radius 3 is 2.22 bits per heavy atom. The van der Waals surface area contributed by atoms with Gasteiger partial charge in [-0.1, -0.05) is 6.07 Å². The lowest BCUT2D eigenvalue weighted by Crippen LogP contribution is -2.33. The monoisotopic (exact) mass is 251 g/mol. The fourth-order valence-electron chi connectivity index (χ4n) is 1.95. The first kappa shape index (κ1) is 15.0. The maximum absolute atomic E-state index is 9.90. The molecule has 18 heavy (non-hydrogen) atoms. The smallest absolute Gasteiger partial charge is 0.0948 e. The summed E-state index contributed by atoms with van der Waals surface area (Å²) in [5.74, 6) is 0. The van der Waals surface area contributed by atoms with Crippen LogP contribution >= 0.6 is 0 Å². The van der Waals surface area contributed by atoms with Gasteiger partial charge in [0, 0.05) is 19.3 Å². The van der Waals surface area contributed by atoms with Gasteiger partial charge in [-0.25, -0.2) is 0 Å². The van der Waals surface area contributed by atoms with Gasteiger partial charge in [-0.15, -0.1) is 0 Å². The second-order valence-corrected chi connectivity index (χ2v) is 5.26. The van der Waals surface area contributed by atoms with Gasteiger partial charge in [0.05, 0.1) is 18.8 Å². The minimum atomic E-state index is -0.460. The molecule has 0 aromatic heterocycles. The van der Waals surface area contributed by atoms with E-state index in [9.17, 15) is 5.11 Å². The number of hydrogen-bond donors (Lipinski definition) is 1. The van der Waals surface area contributed by atoms with Crippen molar-refractivity contribution in [2.75, 3.05) is 25.1 Å². The van der Waals surface area contributed by atoms with Crippen LogP contribution in [-0.4, -0.2) is 37.5 Å². The van der Waals surface area contributed by atoms with Crippen LogP contribution in [0.15, 0.2) is 18.2 Å². The topological polar surface area (TPSA) is 32.7 Å². The number of aliphatic hydroxyl groups is 1. The summed E-state index contributed by atoms with van der Waals surface area (Å²) < 4.78 is 5.41. The summed E-state index contributed by atoms with van der Waals surface area (Å²) in [7, 11) is 1.99. The molecule has 0 radical (unpaired) electrons. The molecule has 1 aromatic rings. The number of ether oxygens (including phenoxy) is 1. The Morgan fingerprint density at radius 2 is 1.72 bits per heavy atom. The number of rotatable bonds is 6. The second-order valence-electron chi connectivity index (χ2n) is 5.26. The number of hydrogen-bond acceptors (Lipinski definition) is 3. The minimum Gasteiger partial charge on any atom is -0.389 e. The zero-order valence-corrected chi connectivity index (χ0v) is 12.1. The highest BCUT2D eigenvalue weighted by Gasteiger charge is 2.10. The summed E-state index contributed by atoms with van der Waals surface area (Å²) >= 11 is 0. The van der Waals surface area contributed by atoms with Crippen LogP contribution in [-0.2, 0) is 4.74 Å². The predicted octanol–water partition coefficient (Wildman–Crippen LogP) is 2.53. The van der Waals surface area contributed by atoms with Crippen molar-refractivity contribution in [3.8, 4) is 0 Å². The first-order valence-electron chi connectivity index (χ1n) is 6.47. The van der Waals surface area contributed by atoms with Crippen LogP contribution in [0, 0.1) is 13.8 Å². The predicted molar refractivity (Wildman–Crippen MR) is 76.3 cm³/mol. The summed E-state index contributed by atoms with van der Waals surface area (Å²) in [6, 6.07) is 6.40. The number of benzene rings is 1. The Bertz CT molecular complexity index is 357. The lowest BCUT2D eigenvalue weighted by molar-refractivity contribution is 0.00926. The first-order valence-corrected chi connectivity index (χ1v) is 6.47. The van der Waals surface area contributed by atoms with E-state index in [4.69, 9.17) is 4.74 Å². The maximum Gasteiger partial charge on any atom is 0.0948 e. The van der Waals surface area contributed by atoms with E-state index >= 15 is 0 Å². The Labute approximate surface area is 110 Å². The van der Waals surface area contributed by atoms with E-state index in [0.29, 0.717) is 13.2 Å². The Morgan fingerprint density at radius 1 is 1.17 bits per heavy atom. The Kier molecular flexibility index (Phi) is 5.63. The van der Waals surface area contributed by atoms with Gasteiger partial charge in [-0.05, 0) is 51.0 Å². The van der Waals surface area contributed by atoms with Crippen molar-refractivity contribution in [3.63, 3.8) is 0 Å². The molecular weight excluding hydrogens is 226 g/mol.